The topological polar surface area (TPSA) is 134 Å². The molecule has 2 aliphatic carbocycles. The number of benzene rings is 1. The van der Waals surface area contributed by atoms with Gasteiger partial charge in [-0.05, 0) is 68.7 Å². The molecule has 12 heteroatoms. The molecule has 0 aromatic heterocycles. The molecule has 2 saturated carbocycles. The minimum atomic E-state index is -5.08. The number of piperazine rings is 1. The predicted molar refractivity (Wildman–Crippen MR) is 130 cm³/mol. The van der Waals surface area contributed by atoms with Gasteiger partial charge in [-0.1, -0.05) is 11.6 Å². The molecule has 1 heterocycles. The number of halogens is 3. The SMILES string of the molecule is Cc1cc(C#N)ccc1N1CCN(C(=O)[C@H]2CCC(=CC3CC3)C[C@@H]2C(=O)NO)CC1.O=C(O)C(F)(F)F. The number of allylic oxidation sites excluding steroid dienone is 2. The summed E-state index contributed by atoms with van der Waals surface area (Å²) in [5, 5.41) is 25.4. The quantitative estimate of drug-likeness (QED) is 0.305. The molecular weight excluding hydrogens is 505 g/mol. The maximum Gasteiger partial charge on any atom is 0.490 e. The molecule has 1 aromatic rings. The second kappa shape index (κ2) is 12.3. The van der Waals surface area contributed by atoms with Crippen LogP contribution >= 0.6 is 0 Å². The first kappa shape index (κ1) is 29.0. The molecule has 2 amide bonds. The van der Waals surface area contributed by atoms with Crippen molar-refractivity contribution in [1.29, 1.82) is 5.26 Å². The third-order valence-corrected chi connectivity index (χ3v) is 7.10. The number of anilines is 1. The van der Waals surface area contributed by atoms with Gasteiger partial charge in [-0.3, -0.25) is 14.8 Å². The summed E-state index contributed by atoms with van der Waals surface area (Å²) in [5.74, 6) is -3.44. The fraction of sp³-hybridized carbons (Fsp3) is 0.538. The van der Waals surface area contributed by atoms with Gasteiger partial charge in [0, 0.05) is 31.9 Å². The molecular formula is C26H31F3N4O5. The number of nitrogens with zero attached hydrogens (tertiary/aromatic N) is 3. The molecule has 1 aliphatic heterocycles. The average molecular weight is 537 g/mol. The largest absolute Gasteiger partial charge is 0.490 e. The molecule has 3 aliphatic rings. The van der Waals surface area contributed by atoms with Crippen LogP contribution in [0.25, 0.3) is 0 Å². The Morgan fingerprint density at radius 3 is 2.24 bits per heavy atom. The Balaban J connectivity index is 0.000000505. The predicted octanol–water partition coefficient (Wildman–Crippen LogP) is 3.41. The fourth-order valence-corrected chi connectivity index (χ4v) is 4.95. The molecule has 0 radical (unpaired) electrons. The van der Waals surface area contributed by atoms with Crippen LogP contribution < -0.4 is 10.4 Å². The molecule has 38 heavy (non-hydrogen) atoms. The molecule has 1 aromatic carbocycles. The molecule has 4 rings (SSSR count). The van der Waals surface area contributed by atoms with Gasteiger partial charge in [-0.15, -0.1) is 0 Å². The second-order valence-corrected chi connectivity index (χ2v) is 9.82. The first-order valence-corrected chi connectivity index (χ1v) is 12.4. The normalized spacial score (nSPS) is 22.7. The number of nitriles is 1. The molecule has 3 N–H and O–H groups in total. The number of aryl methyl sites for hydroxylation is 1. The van der Waals surface area contributed by atoms with Crippen molar-refractivity contribution in [2.24, 2.45) is 17.8 Å². The smallest absolute Gasteiger partial charge is 0.475 e. The summed E-state index contributed by atoms with van der Waals surface area (Å²) in [6.45, 7) is 4.64. The minimum absolute atomic E-state index is 0.0234. The number of alkyl halides is 3. The lowest BCUT2D eigenvalue weighted by atomic mass is 9.75. The van der Waals surface area contributed by atoms with Crippen LogP contribution in [0.5, 0.6) is 0 Å². The van der Waals surface area contributed by atoms with Crippen LogP contribution in [-0.2, 0) is 14.4 Å². The summed E-state index contributed by atoms with van der Waals surface area (Å²) in [4.78, 5) is 38.7. The molecule has 9 nitrogen and oxygen atoms in total. The van der Waals surface area contributed by atoms with Crippen LogP contribution in [0.1, 0.15) is 43.2 Å². The third kappa shape index (κ3) is 7.47. The molecule has 0 spiro atoms. The Hall–Kier alpha value is -3.59. The van der Waals surface area contributed by atoms with Crippen LogP contribution in [0.15, 0.2) is 29.8 Å². The average Bonchev–Trinajstić information content (AvgIpc) is 3.71. The van der Waals surface area contributed by atoms with E-state index in [1.165, 1.54) is 18.4 Å². The Morgan fingerprint density at radius 1 is 1.11 bits per heavy atom. The van der Waals surface area contributed by atoms with Crippen LogP contribution in [0.2, 0.25) is 0 Å². The van der Waals surface area contributed by atoms with Crippen LogP contribution in [0, 0.1) is 36.0 Å². The molecule has 1 saturated heterocycles. The standard InChI is InChI=1S/C24H30N4O3.C2HF3O2/c1-16-12-19(15-25)5-7-22(16)27-8-10-28(11-9-27)24(30)20-6-4-18(13-17-2-3-17)14-21(20)23(29)26-31;3-2(4,5)1(6)7/h5,7,12-13,17,20-21,31H,2-4,6,8-11,14H2,1H3,(H,26,29);(H,6,7)/t20-,21-;/m0./s1. The highest BCUT2D eigenvalue weighted by Gasteiger charge is 2.40. The van der Waals surface area contributed by atoms with Crippen molar-refractivity contribution in [2.45, 2.75) is 45.2 Å². The van der Waals surface area contributed by atoms with Gasteiger partial charge in [-0.2, -0.15) is 18.4 Å². The number of aliphatic carboxylic acids is 1. The van der Waals surface area contributed by atoms with E-state index in [9.17, 15) is 28.0 Å². The highest BCUT2D eigenvalue weighted by Crippen LogP contribution is 2.39. The van der Waals surface area contributed by atoms with Gasteiger partial charge >= 0.3 is 12.1 Å². The Labute approximate surface area is 218 Å². The van der Waals surface area contributed by atoms with Crippen LogP contribution in [-0.4, -0.2) is 65.4 Å². The lowest BCUT2D eigenvalue weighted by molar-refractivity contribution is -0.192. The monoisotopic (exact) mass is 536 g/mol. The van der Waals surface area contributed by atoms with Crippen molar-refractivity contribution in [3.63, 3.8) is 0 Å². The van der Waals surface area contributed by atoms with Gasteiger partial charge in [0.15, 0.2) is 0 Å². The van der Waals surface area contributed by atoms with Crippen molar-refractivity contribution >= 4 is 23.5 Å². The van der Waals surface area contributed by atoms with E-state index in [0.29, 0.717) is 37.4 Å². The van der Waals surface area contributed by atoms with Gasteiger partial charge in [0.1, 0.15) is 0 Å². The van der Waals surface area contributed by atoms with Crippen LogP contribution in [0.3, 0.4) is 0 Å². The van der Waals surface area contributed by atoms with Crippen molar-refractivity contribution in [2.75, 3.05) is 31.1 Å². The van der Waals surface area contributed by atoms with Crippen molar-refractivity contribution in [3.8, 4) is 6.07 Å². The van der Waals surface area contributed by atoms with E-state index >= 15 is 0 Å². The van der Waals surface area contributed by atoms with Gasteiger partial charge in [0.2, 0.25) is 11.8 Å². The number of carbonyl (C=O) groups is 3. The number of carboxylic acids is 1. The molecule has 3 fully saturated rings. The van der Waals surface area contributed by atoms with Crippen molar-refractivity contribution in [3.05, 3.63) is 41.0 Å². The summed E-state index contributed by atoms with van der Waals surface area (Å²) in [6, 6.07) is 7.85. The highest BCUT2D eigenvalue weighted by molar-refractivity contribution is 5.88. The van der Waals surface area contributed by atoms with E-state index < -0.39 is 24.0 Å². The number of amides is 2. The summed E-state index contributed by atoms with van der Waals surface area (Å²) >= 11 is 0. The summed E-state index contributed by atoms with van der Waals surface area (Å²) in [6.07, 6.45) is 1.69. The van der Waals surface area contributed by atoms with E-state index in [0.717, 1.165) is 30.8 Å². The summed E-state index contributed by atoms with van der Waals surface area (Å²) in [7, 11) is 0. The zero-order chi connectivity index (χ0) is 28.0. The van der Waals surface area contributed by atoms with Crippen molar-refractivity contribution < 1.29 is 37.9 Å². The summed E-state index contributed by atoms with van der Waals surface area (Å²) in [5.41, 5.74) is 5.84. The number of rotatable bonds is 4. The Morgan fingerprint density at radius 2 is 1.74 bits per heavy atom. The Kier molecular flexibility index (Phi) is 9.38. The first-order chi connectivity index (χ1) is 17.9. The molecule has 206 valence electrons. The maximum absolute atomic E-state index is 13.3. The number of carboxylic acid groups (broad SMARTS) is 1. The first-order valence-electron chi connectivity index (χ1n) is 12.4. The zero-order valence-electron chi connectivity index (χ0n) is 21.0. The lowest BCUT2D eigenvalue weighted by Crippen LogP contribution is -2.53. The van der Waals surface area contributed by atoms with E-state index in [1.54, 1.807) is 5.48 Å². The van der Waals surface area contributed by atoms with Gasteiger partial charge in [0.05, 0.1) is 23.5 Å². The fourth-order valence-electron chi connectivity index (χ4n) is 4.95. The minimum Gasteiger partial charge on any atom is -0.475 e. The third-order valence-electron chi connectivity index (χ3n) is 7.10. The lowest BCUT2D eigenvalue weighted by Gasteiger charge is -2.40. The van der Waals surface area contributed by atoms with Crippen LogP contribution in [0.4, 0.5) is 18.9 Å². The van der Waals surface area contributed by atoms with E-state index in [2.05, 4.69) is 17.0 Å². The number of hydroxylamine groups is 1. The number of hydrogen-bond donors (Lipinski definition) is 3. The molecule has 2 atom stereocenters. The number of nitrogens with one attached hydrogen (secondary N) is 1. The van der Waals surface area contributed by atoms with Gasteiger partial charge in [0.25, 0.3) is 0 Å². The number of hydrogen-bond acceptors (Lipinski definition) is 6. The number of carbonyl (C=O) groups excluding carboxylic acids is 2. The van der Waals surface area contributed by atoms with E-state index in [-0.39, 0.29) is 11.8 Å². The Bertz CT molecular complexity index is 1120. The second-order valence-electron chi connectivity index (χ2n) is 9.82. The van der Waals surface area contributed by atoms with Crippen molar-refractivity contribution in [1.82, 2.24) is 10.4 Å². The molecule has 0 bridgehead atoms. The zero-order valence-corrected chi connectivity index (χ0v) is 21.0. The van der Waals surface area contributed by atoms with Gasteiger partial charge < -0.3 is 14.9 Å². The molecule has 0 unspecified atom stereocenters. The maximum atomic E-state index is 13.3. The van der Waals surface area contributed by atoms with Gasteiger partial charge in [-0.25, -0.2) is 10.3 Å². The van der Waals surface area contributed by atoms with E-state index in [1.807, 2.05) is 30.0 Å². The summed E-state index contributed by atoms with van der Waals surface area (Å²) < 4.78 is 31.7. The van der Waals surface area contributed by atoms with E-state index in [4.69, 9.17) is 15.2 Å². The highest BCUT2D eigenvalue weighted by atomic mass is 19.4.